The van der Waals surface area contributed by atoms with Gasteiger partial charge in [0, 0.05) is 31.1 Å². The molecule has 6 nitrogen and oxygen atoms in total. The zero-order chi connectivity index (χ0) is 19.7. The Bertz CT molecular complexity index is 858. The van der Waals surface area contributed by atoms with E-state index in [0.717, 1.165) is 17.4 Å². The second-order valence-corrected chi connectivity index (χ2v) is 8.07. The van der Waals surface area contributed by atoms with E-state index in [1.807, 2.05) is 29.8 Å². The van der Waals surface area contributed by atoms with E-state index in [1.54, 1.807) is 14.2 Å². The number of hydrogen-bond acceptors (Lipinski definition) is 4. The van der Waals surface area contributed by atoms with E-state index in [9.17, 15) is 4.79 Å². The van der Waals surface area contributed by atoms with Gasteiger partial charge in [0.2, 0.25) is 0 Å². The zero-order valence-electron chi connectivity index (χ0n) is 17.2. The molecule has 1 N–H and O–H groups in total. The van der Waals surface area contributed by atoms with Crippen LogP contribution in [0.4, 0.5) is 0 Å². The third kappa shape index (κ3) is 3.46. The second kappa shape index (κ2) is 8.03. The van der Waals surface area contributed by atoms with E-state index >= 15 is 0 Å². The minimum atomic E-state index is -0.00966. The van der Waals surface area contributed by atoms with Crippen molar-refractivity contribution in [2.75, 3.05) is 33.9 Å². The lowest BCUT2D eigenvalue weighted by molar-refractivity contribution is 0.0574. The summed E-state index contributed by atoms with van der Waals surface area (Å²) in [4.78, 5) is 15.6. The Morgan fingerprint density at radius 2 is 1.82 bits per heavy atom. The molecule has 2 aliphatic heterocycles. The molecule has 0 unspecified atom stereocenters. The average Bonchev–Trinajstić information content (AvgIpc) is 3.06. The molecule has 152 valence electrons. The molecule has 2 aliphatic rings. The Kier molecular flexibility index (Phi) is 5.49. The van der Waals surface area contributed by atoms with E-state index in [-0.39, 0.29) is 5.91 Å². The largest absolute Gasteiger partial charge is 0.493 e. The van der Waals surface area contributed by atoms with Crippen molar-refractivity contribution in [3.05, 3.63) is 23.9 Å². The van der Waals surface area contributed by atoms with E-state index in [0.29, 0.717) is 29.2 Å². The van der Waals surface area contributed by atoms with Crippen LogP contribution in [0.3, 0.4) is 0 Å². The average molecular weight is 386 g/mol. The molecule has 3 heterocycles. The van der Waals surface area contributed by atoms with Crippen LogP contribution in [0.1, 0.15) is 42.6 Å². The minimum absolute atomic E-state index is 0.00966. The molecular weight excluding hydrogens is 354 g/mol. The number of aromatic nitrogens is 1. The van der Waals surface area contributed by atoms with Crippen LogP contribution in [-0.2, 0) is 7.05 Å². The third-order valence-electron chi connectivity index (χ3n) is 6.53. The van der Waals surface area contributed by atoms with Gasteiger partial charge in [-0.3, -0.25) is 4.79 Å². The number of amides is 1. The number of carbonyl (C=O) groups is 1. The molecule has 2 aromatic rings. The van der Waals surface area contributed by atoms with Crippen LogP contribution in [0.25, 0.3) is 10.9 Å². The van der Waals surface area contributed by atoms with Gasteiger partial charge in [0.25, 0.3) is 5.91 Å². The van der Waals surface area contributed by atoms with Gasteiger partial charge in [0.15, 0.2) is 11.5 Å². The Morgan fingerprint density at radius 3 is 2.61 bits per heavy atom. The highest BCUT2D eigenvalue weighted by Gasteiger charge is 2.33. The van der Waals surface area contributed by atoms with Crippen molar-refractivity contribution in [3.8, 4) is 11.5 Å². The normalized spacial score (nSPS) is 22.7. The molecule has 6 heteroatoms. The number of hydrogen-bond donors (Lipinski definition) is 1. The molecule has 2 saturated heterocycles. The van der Waals surface area contributed by atoms with Crippen molar-refractivity contribution in [3.63, 3.8) is 0 Å². The number of methoxy groups -OCH3 is 2. The lowest BCUT2D eigenvalue weighted by atomic mass is 9.83. The zero-order valence-corrected chi connectivity index (χ0v) is 17.2. The van der Waals surface area contributed by atoms with Gasteiger partial charge in [0.1, 0.15) is 5.69 Å². The maximum atomic E-state index is 12.9. The summed E-state index contributed by atoms with van der Waals surface area (Å²) in [6.45, 7) is 3.21. The summed E-state index contributed by atoms with van der Waals surface area (Å²) < 4.78 is 12.7. The monoisotopic (exact) mass is 385 g/mol. The van der Waals surface area contributed by atoms with E-state index < -0.39 is 0 Å². The highest BCUT2D eigenvalue weighted by atomic mass is 16.5. The molecule has 1 amide bonds. The molecule has 0 radical (unpaired) electrons. The maximum absolute atomic E-state index is 12.9. The Hall–Kier alpha value is -2.21. The van der Waals surface area contributed by atoms with Gasteiger partial charge in [-0.2, -0.15) is 0 Å². The number of ether oxygens (including phenoxy) is 2. The van der Waals surface area contributed by atoms with Gasteiger partial charge < -0.3 is 24.3 Å². The predicted molar refractivity (Wildman–Crippen MR) is 110 cm³/mol. The van der Waals surface area contributed by atoms with Crippen molar-refractivity contribution in [2.45, 2.75) is 38.1 Å². The number of nitrogens with zero attached hydrogens (tertiary/aromatic N) is 2. The van der Waals surface area contributed by atoms with Gasteiger partial charge in [-0.1, -0.05) is 6.42 Å². The van der Waals surface area contributed by atoms with E-state index in [1.165, 1.54) is 45.2 Å². The van der Waals surface area contributed by atoms with Crippen molar-refractivity contribution >= 4 is 16.8 Å². The Morgan fingerprint density at radius 1 is 1.07 bits per heavy atom. The summed E-state index contributed by atoms with van der Waals surface area (Å²) >= 11 is 0. The van der Waals surface area contributed by atoms with Crippen LogP contribution in [0.5, 0.6) is 11.5 Å². The molecule has 2 fully saturated rings. The summed E-state index contributed by atoms with van der Waals surface area (Å²) in [5.41, 5.74) is 1.63. The smallest absolute Gasteiger partial charge is 0.267 e. The number of benzene rings is 1. The first-order chi connectivity index (χ1) is 13.6. The number of rotatable bonds is 5. The highest BCUT2D eigenvalue weighted by molar-refractivity contribution is 5.99. The topological polar surface area (TPSA) is 55.7 Å². The summed E-state index contributed by atoms with van der Waals surface area (Å²) in [5.74, 6) is 1.90. The Labute approximate surface area is 166 Å². The molecular formula is C22H31N3O3. The predicted octanol–water partition coefficient (Wildman–Crippen LogP) is 3.19. The first kappa shape index (κ1) is 19.1. The van der Waals surface area contributed by atoms with Crippen LogP contribution < -0.4 is 14.8 Å². The van der Waals surface area contributed by atoms with Crippen molar-refractivity contribution < 1.29 is 14.3 Å². The molecule has 1 aromatic carbocycles. The number of aryl methyl sites for hydroxylation is 1. The van der Waals surface area contributed by atoms with Crippen LogP contribution >= 0.6 is 0 Å². The van der Waals surface area contributed by atoms with Crippen molar-refractivity contribution in [1.82, 2.24) is 14.8 Å². The number of carbonyl (C=O) groups excluding carboxylic acids is 1. The molecule has 4 rings (SSSR count). The lowest BCUT2D eigenvalue weighted by Crippen LogP contribution is -2.51. The summed E-state index contributed by atoms with van der Waals surface area (Å²) in [6, 6.07) is 6.42. The fourth-order valence-corrected chi connectivity index (χ4v) is 5.01. The second-order valence-electron chi connectivity index (χ2n) is 8.07. The molecule has 2 atom stereocenters. The van der Waals surface area contributed by atoms with Gasteiger partial charge in [-0.25, -0.2) is 0 Å². The van der Waals surface area contributed by atoms with Crippen LogP contribution in [0.15, 0.2) is 18.2 Å². The van der Waals surface area contributed by atoms with Gasteiger partial charge in [0.05, 0.1) is 19.7 Å². The molecule has 28 heavy (non-hydrogen) atoms. The van der Waals surface area contributed by atoms with Gasteiger partial charge in [-0.15, -0.1) is 0 Å². The minimum Gasteiger partial charge on any atom is -0.493 e. The van der Waals surface area contributed by atoms with Crippen LogP contribution in [0.2, 0.25) is 0 Å². The molecule has 0 aliphatic carbocycles. The number of piperidine rings is 2. The molecule has 1 aromatic heterocycles. The first-order valence-corrected chi connectivity index (χ1v) is 10.4. The van der Waals surface area contributed by atoms with Gasteiger partial charge >= 0.3 is 0 Å². The quantitative estimate of drug-likeness (QED) is 0.859. The van der Waals surface area contributed by atoms with Crippen LogP contribution in [0, 0.1) is 5.92 Å². The summed E-state index contributed by atoms with van der Waals surface area (Å²) in [5, 5.41) is 4.19. The molecule has 0 spiro atoms. The first-order valence-electron chi connectivity index (χ1n) is 10.4. The van der Waals surface area contributed by atoms with Crippen LogP contribution in [-0.4, -0.2) is 55.3 Å². The maximum Gasteiger partial charge on any atom is 0.267 e. The SMILES string of the molecule is COc1cc2cc(C(=O)NC[C@H]3CCCN4CCCC[C@@H]34)n(C)c2cc1OC. The fraction of sp³-hybridized carbons (Fsp3) is 0.591. The molecule has 0 bridgehead atoms. The van der Waals surface area contributed by atoms with Crippen molar-refractivity contribution in [2.24, 2.45) is 13.0 Å². The Balaban J connectivity index is 1.50. The van der Waals surface area contributed by atoms with Crippen molar-refractivity contribution in [1.29, 1.82) is 0 Å². The highest BCUT2D eigenvalue weighted by Crippen LogP contribution is 2.34. The third-order valence-corrected chi connectivity index (χ3v) is 6.53. The van der Waals surface area contributed by atoms with E-state index in [4.69, 9.17) is 9.47 Å². The summed E-state index contributed by atoms with van der Waals surface area (Å²) in [7, 11) is 5.17. The van der Waals surface area contributed by atoms with Gasteiger partial charge in [-0.05, 0) is 56.8 Å². The lowest BCUT2D eigenvalue weighted by Gasteiger charge is -2.44. The fourth-order valence-electron chi connectivity index (χ4n) is 5.01. The standard InChI is InChI=1S/C22H31N3O3/c1-24-18-13-21(28-3)20(27-2)12-16(18)11-19(24)22(26)23-14-15-7-6-10-25-9-5-4-8-17(15)25/h11-13,15,17H,4-10,14H2,1-3H3,(H,23,26)/t15-,17+/m1/s1. The number of nitrogens with one attached hydrogen (secondary N) is 1. The summed E-state index contributed by atoms with van der Waals surface area (Å²) in [6.07, 6.45) is 6.36. The van der Waals surface area contributed by atoms with E-state index in [2.05, 4.69) is 10.2 Å². The molecule has 0 saturated carbocycles. The number of fused-ring (bicyclic) bond motifs is 2.